The summed E-state index contributed by atoms with van der Waals surface area (Å²) in [6.07, 6.45) is -6.21. The number of ketones is 1. The molecule has 0 aliphatic carbocycles. The van der Waals surface area contributed by atoms with Crippen molar-refractivity contribution in [2.45, 2.75) is 17.9 Å². The van der Waals surface area contributed by atoms with E-state index < -0.39 is 23.7 Å². The highest BCUT2D eigenvalue weighted by atomic mass is 79.9. The van der Waals surface area contributed by atoms with Gasteiger partial charge in [0.1, 0.15) is 0 Å². The van der Waals surface area contributed by atoms with E-state index in [1.54, 1.807) is 18.2 Å². The number of hydrogen-bond donors (Lipinski definition) is 0. The quantitative estimate of drug-likeness (QED) is 0.588. The van der Waals surface area contributed by atoms with E-state index >= 15 is 0 Å². The van der Waals surface area contributed by atoms with Gasteiger partial charge in [0.25, 0.3) is 0 Å². The summed E-state index contributed by atoms with van der Waals surface area (Å²) in [5.74, 6) is -0.673. The summed E-state index contributed by atoms with van der Waals surface area (Å²) < 4.78 is 46.1. The Morgan fingerprint density at radius 1 is 1.05 bits per heavy atom. The van der Waals surface area contributed by atoms with E-state index in [0.717, 1.165) is 4.47 Å². The van der Waals surface area contributed by atoms with Crippen molar-refractivity contribution >= 4 is 21.7 Å². The van der Waals surface area contributed by atoms with Gasteiger partial charge in [-0.25, -0.2) is 0 Å². The van der Waals surface area contributed by atoms with Crippen LogP contribution in [0.5, 0.6) is 0 Å². The van der Waals surface area contributed by atoms with Crippen molar-refractivity contribution in [1.82, 2.24) is 0 Å². The predicted molar refractivity (Wildman–Crippen MR) is 77.5 cm³/mol. The maximum atomic E-state index is 13.5. The van der Waals surface area contributed by atoms with Crippen LogP contribution in [0.1, 0.15) is 15.9 Å². The minimum absolute atomic E-state index is 0.0574. The molecule has 2 unspecified atom stereocenters. The predicted octanol–water partition coefficient (Wildman–Crippen LogP) is 4.49. The van der Waals surface area contributed by atoms with Gasteiger partial charge in [-0.1, -0.05) is 58.4 Å². The number of Topliss-reactive ketones (excluding diaryl/α,β-unsaturated/α-hetero) is 1. The van der Waals surface area contributed by atoms with Crippen molar-refractivity contribution in [2.75, 3.05) is 0 Å². The van der Waals surface area contributed by atoms with Crippen LogP contribution in [0.2, 0.25) is 0 Å². The molecule has 2 nitrogen and oxygen atoms in total. The molecule has 0 spiro atoms. The highest BCUT2D eigenvalue weighted by molar-refractivity contribution is 9.10. The average Bonchev–Trinajstić information content (AvgIpc) is 3.25. The first-order valence-electron chi connectivity index (χ1n) is 6.46. The molecule has 6 heteroatoms. The third-order valence-electron chi connectivity index (χ3n) is 3.61. The van der Waals surface area contributed by atoms with Gasteiger partial charge < -0.3 is 4.74 Å². The molecule has 0 aromatic heterocycles. The van der Waals surface area contributed by atoms with Crippen molar-refractivity contribution < 1.29 is 22.7 Å². The van der Waals surface area contributed by atoms with Gasteiger partial charge in [0.05, 0.1) is 0 Å². The number of rotatable bonds is 3. The molecular weight excluding hydrogens is 361 g/mol. The first-order valence-corrected chi connectivity index (χ1v) is 7.25. The average molecular weight is 371 g/mol. The normalized spacial score (nSPS) is 24.1. The summed E-state index contributed by atoms with van der Waals surface area (Å²) in [6.45, 7) is 0. The number of epoxide rings is 1. The number of carbonyl (C=O) groups excluding carboxylic acids is 1. The van der Waals surface area contributed by atoms with Crippen LogP contribution in [0.15, 0.2) is 59.1 Å². The Hall–Kier alpha value is -1.66. The molecule has 0 N–H and O–H groups in total. The molecule has 2 atom stereocenters. The second-order valence-corrected chi connectivity index (χ2v) is 5.88. The smallest absolute Gasteiger partial charge is 0.343 e. The number of hydrogen-bond acceptors (Lipinski definition) is 2. The molecule has 1 saturated heterocycles. The second kappa shape index (κ2) is 5.21. The zero-order valence-electron chi connectivity index (χ0n) is 11.1. The van der Waals surface area contributed by atoms with Crippen molar-refractivity contribution in [3.63, 3.8) is 0 Å². The van der Waals surface area contributed by atoms with Crippen LogP contribution in [0, 0.1) is 0 Å². The molecule has 114 valence electrons. The third-order valence-corrected chi connectivity index (χ3v) is 4.14. The molecule has 1 aliphatic rings. The van der Waals surface area contributed by atoms with Gasteiger partial charge in [-0.05, 0) is 17.7 Å². The zero-order valence-corrected chi connectivity index (χ0v) is 12.7. The van der Waals surface area contributed by atoms with Gasteiger partial charge in [-0.2, -0.15) is 13.2 Å². The highest BCUT2D eigenvalue weighted by Crippen LogP contribution is 2.58. The Morgan fingerprint density at radius 3 is 2.18 bits per heavy atom. The summed E-state index contributed by atoms with van der Waals surface area (Å²) in [5.41, 5.74) is -2.41. The lowest BCUT2D eigenvalue weighted by molar-refractivity contribution is -0.187. The fourth-order valence-corrected chi connectivity index (χ4v) is 2.70. The second-order valence-electron chi connectivity index (χ2n) is 4.97. The van der Waals surface area contributed by atoms with Crippen LogP contribution in [-0.2, 0) is 10.3 Å². The number of alkyl halides is 3. The molecule has 2 aromatic carbocycles. The molecule has 1 fully saturated rings. The summed E-state index contributed by atoms with van der Waals surface area (Å²) in [5, 5.41) is 0. The fraction of sp³-hybridized carbons (Fsp3) is 0.188. The minimum atomic E-state index is -4.66. The molecule has 0 amide bonds. The monoisotopic (exact) mass is 370 g/mol. The standard InChI is InChI=1S/C16H10BrF3O2/c17-12-8-6-10(7-9-12)13(21)14-15(22-14,16(18,19)20)11-4-2-1-3-5-11/h1-9,14H. The van der Waals surface area contributed by atoms with E-state index in [9.17, 15) is 18.0 Å². The summed E-state index contributed by atoms with van der Waals surface area (Å²) in [6, 6.07) is 13.4. The summed E-state index contributed by atoms with van der Waals surface area (Å²) >= 11 is 3.22. The number of benzene rings is 2. The Kier molecular flexibility index (Phi) is 3.61. The van der Waals surface area contributed by atoms with E-state index in [1.165, 1.54) is 36.4 Å². The molecule has 1 aliphatic heterocycles. The van der Waals surface area contributed by atoms with Gasteiger partial charge in [-0.3, -0.25) is 4.79 Å². The van der Waals surface area contributed by atoms with Gasteiger partial charge >= 0.3 is 6.18 Å². The van der Waals surface area contributed by atoms with Gasteiger partial charge in [-0.15, -0.1) is 0 Å². The maximum absolute atomic E-state index is 13.5. The van der Waals surface area contributed by atoms with Crippen molar-refractivity contribution in [1.29, 1.82) is 0 Å². The van der Waals surface area contributed by atoms with Crippen LogP contribution in [0.25, 0.3) is 0 Å². The van der Waals surface area contributed by atoms with E-state index in [4.69, 9.17) is 4.74 Å². The van der Waals surface area contributed by atoms with Crippen LogP contribution >= 0.6 is 15.9 Å². The van der Waals surface area contributed by atoms with Crippen LogP contribution < -0.4 is 0 Å². The summed E-state index contributed by atoms with van der Waals surface area (Å²) in [7, 11) is 0. The van der Waals surface area contributed by atoms with Crippen molar-refractivity contribution in [3.8, 4) is 0 Å². The lowest BCUT2D eigenvalue weighted by Crippen LogP contribution is -2.35. The number of carbonyl (C=O) groups is 1. The van der Waals surface area contributed by atoms with Crippen LogP contribution in [0.3, 0.4) is 0 Å². The zero-order chi connectivity index (χ0) is 16.0. The minimum Gasteiger partial charge on any atom is -0.343 e. The lowest BCUT2D eigenvalue weighted by Gasteiger charge is -2.17. The van der Waals surface area contributed by atoms with E-state index in [-0.39, 0.29) is 11.1 Å². The SMILES string of the molecule is O=C(c1ccc(Br)cc1)C1OC1(c1ccccc1)C(F)(F)F. The van der Waals surface area contributed by atoms with E-state index in [2.05, 4.69) is 15.9 Å². The molecule has 0 radical (unpaired) electrons. The fourth-order valence-electron chi connectivity index (χ4n) is 2.44. The number of ether oxygens (including phenoxy) is 1. The summed E-state index contributed by atoms with van der Waals surface area (Å²) in [4.78, 5) is 12.3. The molecule has 1 heterocycles. The molecule has 0 saturated carbocycles. The molecule has 0 bridgehead atoms. The Bertz CT molecular complexity index is 698. The van der Waals surface area contributed by atoms with Gasteiger partial charge in [0.15, 0.2) is 11.9 Å². The maximum Gasteiger partial charge on any atom is 0.424 e. The van der Waals surface area contributed by atoms with Crippen LogP contribution in [-0.4, -0.2) is 18.1 Å². The lowest BCUT2D eigenvalue weighted by atomic mass is 9.91. The van der Waals surface area contributed by atoms with Crippen molar-refractivity contribution in [2.24, 2.45) is 0 Å². The third kappa shape index (κ3) is 2.36. The van der Waals surface area contributed by atoms with E-state index in [1.807, 2.05) is 0 Å². The first-order chi connectivity index (χ1) is 10.4. The highest BCUT2D eigenvalue weighted by Gasteiger charge is 2.76. The molecule has 3 rings (SSSR count). The van der Waals surface area contributed by atoms with Gasteiger partial charge in [0, 0.05) is 10.0 Å². The molecule has 22 heavy (non-hydrogen) atoms. The van der Waals surface area contributed by atoms with Gasteiger partial charge in [0.2, 0.25) is 5.60 Å². The largest absolute Gasteiger partial charge is 0.424 e. The van der Waals surface area contributed by atoms with Crippen LogP contribution in [0.4, 0.5) is 13.2 Å². The Balaban J connectivity index is 1.96. The Morgan fingerprint density at radius 2 is 1.64 bits per heavy atom. The first kappa shape index (κ1) is 15.2. The topological polar surface area (TPSA) is 29.6 Å². The number of halogens is 4. The van der Waals surface area contributed by atoms with E-state index in [0.29, 0.717) is 0 Å². The Labute approximate surface area is 133 Å². The van der Waals surface area contributed by atoms with Crippen molar-refractivity contribution in [3.05, 3.63) is 70.2 Å². The molecule has 2 aromatic rings. The molecular formula is C16H10BrF3O2.